The molecule has 2 nitrogen and oxygen atoms in total. The Hall–Kier alpha value is -0.270. The number of alkyl halides is 3. The summed E-state index contributed by atoms with van der Waals surface area (Å²) in [5, 5.41) is -0.666. The van der Waals surface area contributed by atoms with Crippen LogP contribution in [0.2, 0.25) is 4.47 Å². The molecule has 96 valence electrons. The monoisotopic (exact) mass is 303 g/mol. The van der Waals surface area contributed by atoms with Crippen LogP contribution in [-0.4, -0.2) is 15.3 Å². The van der Waals surface area contributed by atoms with Gasteiger partial charge >= 0.3 is 6.18 Å². The SMILES string of the molecule is CCC(C)SC(=O)c1sc(Cl)nc1C(F)(F)F. The standard InChI is InChI=1S/C9H9ClF3NOS2/c1-3-4(2)16-7(15)5-6(9(11,12)13)14-8(10)17-5/h4H,3H2,1-2H3. The van der Waals surface area contributed by atoms with Crippen LogP contribution in [0.25, 0.3) is 0 Å². The third kappa shape index (κ3) is 3.86. The van der Waals surface area contributed by atoms with E-state index >= 15 is 0 Å². The first-order valence-corrected chi connectivity index (χ1v) is 6.77. The number of hydrogen-bond donors (Lipinski definition) is 0. The van der Waals surface area contributed by atoms with E-state index in [0.717, 1.165) is 11.8 Å². The van der Waals surface area contributed by atoms with E-state index in [1.54, 1.807) is 6.92 Å². The number of halogens is 4. The molecular formula is C9H9ClF3NOS2. The second-order valence-electron chi connectivity index (χ2n) is 3.27. The quantitative estimate of drug-likeness (QED) is 0.824. The highest BCUT2D eigenvalue weighted by Gasteiger charge is 2.39. The minimum atomic E-state index is -4.65. The number of aromatic nitrogens is 1. The lowest BCUT2D eigenvalue weighted by Crippen LogP contribution is -2.11. The van der Waals surface area contributed by atoms with E-state index in [2.05, 4.69) is 4.98 Å². The van der Waals surface area contributed by atoms with Crippen molar-refractivity contribution in [3.63, 3.8) is 0 Å². The molecule has 0 spiro atoms. The molecule has 0 amide bonds. The average molecular weight is 304 g/mol. The van der Waals surface area contributed by atoms with Crippen molar-refractivity contribution >= 4 is 39.8 Å². The predicted octanol–water partition coefficient (Wildman–Crippen LogP) is 4.49. The minimum Gasteiger partial charge on any atom is -0.281 e. The topological polar surface area (TPSA) is 30.0 Å². The zero-order valence-electron chi connectivity index (χ0n) is 8.97. The third-order valence-corrected chi connectivity index (χ3v) is 4.38. The van der Waals surface area contributed by atoms with Gasteiger partial charge in [-0.15, -0.1) is 0 Å². The van der Waals surface area contributed by atoms with Gasteiger partial charge in [0.1, 0.15) is 4.88 Å². The molecule has 0 N–H and O–H groups in total. The van der Waals surface area contributed by atoms with Crippen LogP contribution in [0.4, 0.5) is 13.2 Å². The summed E-state index contributed by atoms with van der Waals surface area (Å²) in [5.74, 6) is 0. The number of hydrogen-bond acceptors (Lipinski definition) is 4. The van der Waals surface area contributed by atoms with E-state index in [0.29, 0.717) is 17.8 Å². The Balaban J connectivity index is 3.01. The van der Waals surface area contributed by atoms with Crippen LogP contribution < -0.4 is 0 Å². The summed E-state index contributed by atoms with van der Waals surface area (Å²) < 4.78 is 37.4. The molecule has 1 rings (SSSR count). The van der Waals surface area contributed by atoms with Crippen molar-refractivity contribution in [2.24, 2.45) is 0 Å². The number of carbonyl (C=O) groups is 1. The maximum Gasteiger partial charge on any atom is 0.435 e. The smallest absolute Gasteiger partial charge is 0.281 e. The zero-order chi connectivity index (χ0) is 13.2. The fourth-order valence-corrected chi connectivity index (χ4v) is 2.91. The molecule has 1 aromatic heterocycles. The second-order valence-corrected chi connectivity index (χ2v) is 6.26. The lowest BCUT2D eigenvalue weighted by Gasteiger charge is -2.07. The lowest BCUT2D eigenvalue weighted by atomic mass is 10.4. The van der Waals surface area contributed by atoms with Gasteiger partial charge in [0.15, 0.2) is 10.2 Å². The van der Waals surface area contributed by atoms with Crippen molar-refractivity contribution in [1.29, 1.82) is 0 Å². The molecular weight excluding hydrogens is 295 g/mol. The molecule has 0 aliphatic heterocycles. The summed E-state index contributed by atoms with van der Waals surface area (Å²) in [6, 6.07) is 0. The summed E-state index contributed by atoms with van der Waals surface area (Å²) in [7, 11) is 0. The van der Waals surface area contributed by atoms with Crippen molar-refractivity contribution in [1.82, 2.24) is 4.98 Å². The Bertz CT molecular complexity index is 419. The second kappa shape index (κ2) is 5.58. The number of thiazole rings is 1. The Morgan fingerprint density at radius 2 is 2.18 bits per heavy atom. The van der Waals surface area contributed by atoms with Crippen LogP contribution in [0.15, 0.2) is 0 Å². The van der Waals surface area contributed by atoms with Gasteiger partial charge in [0.05, 0.1) is 0 Å². The van der Waals surface area contributed by atoms with E-state index in [1.165, 1.54) is 0 Å². The zero-order valence-corrected chi connectivity index (χ0v) is 11.4. The summed E-state index contributed by atoms with van der Waals surface area (Å²) in [6.45, 7) is 3.63. The van der Waals surface area contributed by atoms with Gasteiger partial charge in [-0.05, 0) is 6.42 Å². The van der Waals surface area contributed by atoms with Crippen LogP contribution in [0.3, 0.4) is 0 Å². The number of rotatable bonds is 3. The van der Waals surface area contributed by atoms with Crippen molar-refractivity contribution in [3.05, 3.63) is 15.0 Å². The highest BCUT2D eigenvalue weighted by atomic mass is 35.5. The molecule has 0 saturated heterocycles. The largest absolute Gasteiger partial charge is 0.435 e. The average Bonchev–Trinajstić information content (AvgIpc) is 2.59. The number of nitrogens with zero attached hydrogens (tertiary/aromatic N) is 1. The van der Waals surface area contributed by atoms with Crippen molar-refractivity contribution < 1.29 is 18.0 Å². The highest BCUT2D eigenvalue weighted by Crippen LogP contribution is 2.38. The van der Waals surface area contributed by atoms with Crippen LogP contribution in [0.1, 0.15) is 35.6 Å². The van der Waals surface area contributed by atoms with Gasteiger partial charge in [0.2, 0.25) is 5.12 Å². The van der Waals surface area contributed by atoms with Gasteiger partial charge < -0.3 is 0 Å². The van der Waals surface area contributed by atoms with Gasteiger partial charge in [-0.2, -0.15) is 13.2 Å². The highest BCUT2D eigenvalue weighted by molar-refractivity contribution is 8.14. The molecule has 1 atom stereocenters. The first kappa shape index (κ1) is 14.8. The number of thioether (sulfide) groups is 1. The van der Waals surface area contributed by atoms with Crippen molar-refractivity contribution in [2.75, 3.05) is 0 Å². The minimum absolute atomic E-state index is 0.0375. The Kier molecular flexibility index (Phi) is 4.86. The Morgan fingerprint density at radius 3 is 2.65 bits per heavy atom. The van der Waals surface area contributed by atoms with Gasteiger partial charge in [-0.25, -0.2) is 4.98 Å². The van der Waals surface area contributed by atoms with E-state index in [4.69, 9.17) is 11.6 Å². The molecule has 0 fully saturated rings. The summed E-state index contributed by atoms with van der Waals surface area (Å²) in [6.07, 6.45) is -3.95. The maximum absolute atomic E-state index is 12.6. The molecule has 0 aliphatic rings. The van der Waals surface area contributed by atoms with Gasteiger partial charge in [0.25, 0.3) is 0 Å². The van der Waals surface area contributed by atoms with Crippen molar-refractivity contribution in [2.45, 2.75) is 31.7 Å². The van der Waals surface area contributed by atoms with E-state index < -0.39 is 21.9 Å². The summed E-state index contributed by atoms with van der Waals surface area (Å²) >= 11 is 6.87. The van der Waals surface area contributed by atoms with Gasteiger partial charge in [-0.3, -0.25) is 4.79 Å². The van der Waals surface area contributed by atoms with Crippen LogP contribution >= 0.6 is 34.7 Å². The normalized spacial score (nSPS) is 13.8. The Morgan fingerprint density at radius 1 is 1.59 bits per heavy atom. The molecule has 0 bridgehead atoms. The summed E-state index contributed by atoms with van der Waals surface area (Å²) in [5.41, 5.74) is -1.19. The molecule has 17 heavy (non-hydrogen) atoms. The fraction of sp³-hybridized carbons (Fsp3) is 0.556. The van der Waals surface area contributed by atoms with Gasteiger partial charge in [-0.1, -0.05) is 48.5 Å². The molecule has 0 saturated carbocycles. The van der Waals surface area contributed by atoms with Crippen LogP contribution in [-0.2, 0) is 6.18 Å². The maximum atomic E-state index is 12.6. The molecule has 1 heterocycles. The molecule has 0 aromatic carbocycles. The van der Waals surface area contributed by atoms with E-state index in [-0.39, 0.29) is 9.72 Å². The lowest BCUT2D eigenvalue weighted by molar-refractivity contribution is -0.141. The van der Waals surface area contributed by atoms with E-state index in [9.17, 15) is 18.0 Å². The van der Waals surface area contributed by atoms with E-state index in [1.807, 2.05) is 6.92 Å². The molecule has 0 aliphatic carbocycles. The third-order valence-electron chi connectivity index (χ3n) is 1.94. The van der Waals surface area contributed by atoms with Crippen molar-refractivity contribution in [3.8, 4) is 0 Å². The van der Waals surface area contributed by atoms with Gasteiger partial charge in [0, 0.05) is 5.25 Å². The molecule has 1 unspecified atom stereocenters. The fourth-order valence-electron chi connectivity index (χ4n) is 0.944. The molecule has 1 aromatic rings. The number of carbonyl (C=O) groups excluding carboxylic acids is 1. The first-order chi connectivity index (χ1) is 7.75. The van der Waals surface area contributed by atoms with Crippen LogP contribution in [0.5, 0.6) is 0 Å². The Labute approximate surface area is 110 Å². The molecule has 8 heteroatoms. The summed E-state index contributed by atoms with van der Waals surface area (Å²) in [4.78, 5) is 14.4. The first-order valence-electron chi connectivity index (χ1n) is 4.70. The molecule has 0 radical (unpaired) electrons. The predicted molar refractivity (Wildman–Crippen MR) is 63.8 cm³/mol. The van der Waals surface area contributed by atoms with Crippen LogP contribution in [0, 0.1) is 0 Å².